The van der Waals surface area contributed by atoms with Gasteiger partial charge in [0.1, 0.15) is 0 Å². The molecule has 0 saturated heterocycles. The molecular weight excluding hydrogens is 341 g/mol. The lowest BCUT2D eigenvalue weighted by Gasteiger charge is -2.11. The van der Waals surface area contributed by atoms with Crippen molar-refractivity contribution in [3.63, 3.8) is 0 Å². The van der Waals surface area contributed by atoms with Gasteiger partial charge in [-0.3, -0.25) is 9.67 Å². The van der Waals surface area contributed by atoms with E-state index in [1.165, 1.54) is 11.3 Å². The van der Waals surface area contributed by atoms with E-state index >= 15 is 0 Å². The van der Waals surface area contributed by atoms with Crippen molar-refractivity contribution in [1.29, 1.82) is 0 Å². The molecule has 5 nitrogen and oxygen atoms in total. The average Bonchev–Trinajstić information content (AvgIpc) is 2.55. The largest absolute Gasteiger partial charge is 0.356 e. The van der Waals surface area contributed by atoms with Gasteiger partial charge >= 0.3 is 0 Å². The third-order valence-corrected chi connectivity index (χ3v) is 2.86. The lowest BCUT2D eigenvalue weighted by atomic mass is 10.2. The minimum absolute atomic E-state index is 0. The normalized spacial score (nSPS) is 11.1. The molecular formula is C12H24IN5. The predicted molar refractivity (Wildman–Crippen MR) is 86.6 cm³/mol. The second kappa shape index (κ2) is 8.34. The zero-order valence-corrected chi connectivity index (χ0v) is 14.2. The number of aryl methyl sites for hydroxylation is 2. The Kier molecular flexibility index (Phi) is 7.97. The average molecular weight is 365 g/mol. The zero-order valence-electron chi connectivity index (χ0n) is 11.9. The van der Waals surface area contributed by atoms with Crippen molar-refractivity contribution >= 4 is 29.9 Å². The van der Waals surface area contributed by atoms with Crippen LogP contribution in [0.4, 0.5) is 0 Å². The molecule has 1 heterocycles. The molecule has 1 aromatic rings. The van der Waals surface area contributed by atoms with Crippen molar-refractivity contribution < 1.29 is 0 Å². The van der Waals surface area contributed by atoms with Gasteiger partial charge in [-0.25, -0.2) is 0 Å². The Hall–Kier alpha value is -0.790. The molecule has 0 unspecified atom stereocenters. The van der Waals surface area contributed by atoms with Crippen LogP contribution in [-0.2, 0) is 13.6 Å². The minimum Gasteiger partial charge on any atom is -0.356 e. The Morgan fingerprint density at radius 1 is 1.33 bits per heavy atom. The maximum Gasteiger partial charge on any atom is 0.191 e. The van der Waals surface area contributed by atoms with Crippen molar-refractivity contribution in [3.05, 3.63) is 17.0 Å². The van der Waals surface area contributed by atoms with Crippen LogP contribution in [-0.4, -0.2) is 29.3 Å². The molecule has 0 atom stereocenters. The second-order valence-electron chi connectivity index (χ2n) is 4.13. The van der Waals surface area contributed by atoms with Crippen LogP contribution in [0.1, 0.15) is 30.3 Å². The summed E-state index contributed by atoms with van der Waals surface area (Å²) in [6, 6.07) is 0. The molecule has 0 aliphatic heterocycles. The van der Waals surface area contributed by atoms with Crippen molar-refractivity contribution in [2.24, 2.45) is 12.0 Å². The molecule has 0 radical (unpaired) electrons. The molecule has 0 bridgehead atoms. The molecule has 0 saturated carbocycles. The quantitative estimate of drug-likeness (QED) is 0.486. The first kappa shape index (κ1) is 17.2. The number of nitrogens with zero attached hydrogens (tertiary/aromatic N) is 3. The highest BCUT2D eigenvalue weighted by molar-refractivity contribution is 14.0. The van der Waals surface area contributed by atoms with Crippen LogP contribution in [0.25, 0.3) is 0 Å². The van der Waals surface area contributed by atoms with Gasteiger partial charge in [0, 0.05) is 38.4 Å². The van der Waals surface area contributed by atoms with E-state index in [1.54, 1.807) is 7.05 Å². The van der Waals surface area contributed by atoms with E-state index in [1.807, 2.05) is 18.7 Å². The number of halogens is 1. The molecule has 0 spiro atoms. The van der Waals surface area contributed by atoms with E-state index in [2.05, 4.69) is 34.6 Å². The van der Waals surface area contributed by atoms with Gasteiger partial charge in [-0.15, -0.1) is 24.0 Å². The molecule has 0 fully saturated rings. The van der Waals surface area contributed by atoms with Gasteiger partial charge in [0.25, 0.3) is 0 Å². The van der Waals surface area contributed by atoms with Crippen molar-refractivity contribution in [2.45, 2.75) is 33.7 Å². The van der Waals surface area contributed by atoms with E-state index in [0.29, 0.717) is 0 Å². The molecule has 0 amide bonds. The predicted octanol–water partition coefficient (Wildman–Crippen LogP) is 1.73. The minimum atomic E-state index is 0. The molecule has 1 aromatic heterocycles. The Morgan fingerprint density at radius 3 is 2.44 bits per heavy atom. The number of aromatic nitrogens is 2. The Labute approximate surface area is 126 Å². The first-order chi connectivity index (χ1) is 8.10. The molecule has 0 aliphatic carbocycles. The number of hydrogen-bond acceptors (Lipinski definition) is 2. The maximum atomic E-state index is 4.39. The van der Waals surface area contributed by atoms with Crippen LogP contribution >= 0.6 is 24.0 Å². The number of nitrogens with one attached hydrogen (secondary N) is 2. The molecule has 6 heteroatoms. The van der Waals surface area contributed by atoms with E-state index in [9.17, 15) is 0 Å². The summed E-state index contributed by atoms with van der Waals surface area (Å²) in [6.45, 7) is 7.95. The smallest absolute Gasteiger partial charge is 0.191 e. The molecule has 0 aliphatic rings. The third kappa shape index (κ3) is 4.47. The molecule has 1 rings (SSSR count). The highest BCUT2D eigenvalue weighted by Gasteiger charge is 2.09. The first-order valence-corrected chi connectivity index (χ1v) is 6.03. The zero-order chi connectivity index (χ0) is 12.8. The first-order valence-electron chi connectivity index (χ1n) is 6.03. The van der Waals surface area contributed by atoms with Crippen molar-refractivity contribution in [2.75, 3.05) is 13.6 Å². The second-order valence-corrected chi connectivity index (χ2v) is 4.13. The summed E-state index contributed by atoms with van der Waals surface area (Å²) in [5, 5.41) is 10.9. The number of hydrogen-bond donors (Lipinski definition) is 2. The summed E-state index contributed by atoms with van der Waals surface area (Å²) >= 11 is 0. The standard InChI is InChI=1S/C12H23N5.HI/c1-6-7-14-12(13-4)15-8-11-9(2)16-17(5)10(11)3;/h6-8H2,1-5H3,(H2,13,14,15);1H. The van der Waals surface area contributed by atoms with Gasteiger partial charge in [0.15, 0.2) is 5.96 Å². The van der Waals surface area contributed by atoms with Gasteiger partial charge in [0.05, 0.1) is 5.69 Å². The summed E-state index contributed by atoms with van der Waals surface area (Å²) in [4.78, 5) is 4.17. The Morgan fingerprint density at radius 2 is 2.00 bits per heavy atom. The van der Waals surface area contributed by atoms with E-state index < -0.39 is 0 Å². The lowest BCUT2D eigenvalue weighted by molar-refractivity contribution is 0.728. The summed E-state index contributed by atoms with van der Waals surface area (Å²) in [5.74, 6) is 0.842. The van der Waals surface area contributed by atoms with Gasteiger partial charge in [0.2, 0.25) is 0 Å². The van der Waals surface area contributed by atoms with Gasteiger partial charge < -0.3 is 10.6 Å². The number of aliphatic imine (C=N–C) groups is 1. The topological polar surface area (TPSA) is 54.2 Å². The van der Waals surface area contributed by atoms with Crippen LogP contribution in [0.3, 0.4) is 0 Å². The van der Waals surface area contributed by atoms with Crippen LogP contribution in [0.5, 0.6) is 0 Å². The van der Waals surface area contributed by atoms with E-state index in [0.717, 1.165) is 31.2 Å². The van der Waals surface area contributed by atoms with Crippen LogP contribution in [0.2, 0.25) is 0 Å². The SMILES string of the molecule is CCCNC(=NC)NCc1c(C)nn(C)c1C.I. The fourth-order valence-electron chi connectivity index (χ4n) is 1.71. The van der Waals surface area contributed by atoms with Gasteiger partial charge in [-0.2, -0.15) is 5.10 Å². The summed E-state index contributed by atoms with van der Waals surface area (Å²) in [7, 11) is 3.75. The van der Waals surface area contributed by atoms with Crippen molar-refractivity contribution in [3.8, 4) is 0 Å². The van der Waals surface area contributed by atoms with Crippen molar-refractivity contribution in [1.82, 2.24) is 20.4 Å². The van der Waals surface area contributed by atoms with Gasteiger partial charge in [-0.1, -0.05) is 6.92 Å². The van der Waals surface area contributed by atoms with Crippen LogP contribution in [0.15, 0.2) is 4.99 Å². The van der Waals surface area contributed by atoms with E-state index in [4.69, 9.17) is 0 Å². The fourth-order valence-corrected chi connectivity index (χ4v) is 1.71. The number of rotatable bonds is 4. The van der Waals surface area contributed by atoms with E-state index in [-0.39, 0.29) is 24.0 Å². The monoisotopic (exact) mass is 365 g/mol. The maximum absolute atomic E-state index is 4.39. The summed E-state index contributed by atoms with van der Waals surface area (Å²) in [6.07, 6.45) is 1.09. The Bertz CT molecular complexity index is 397. The summed E-state index contributed by atoms with van der Waals surface area (Å²) < 4.78 is 1.91. The van der Waals surface area contributed by atoms with Crippen LogP contribution in [0, 0.1) is 13.8 Å². The molecule has 104 valence electrons. The molecule has 2 N–H and O–H groups in total. The molecule has 18 heavy (non-hydrogen) atoms. The summed E-state index contributed by atoms with van der Waals surface area (Å²) in [5.41, 5.74) is 3.51. The fraction of sp³-hybridized carbons (Fsp3) is 0.667. The van der Waals surface area contributed by atoms with Gasteiger partial charge in [-0.05, 0) is 20.3 Å². The number of guanidine groups is 1. The highest BCUT2D eigenvalue weighted by atomic mass is 127. The highest BCUT2D eigenvalue weighted by Crippen LogP contribution is 2.10. The lowest BCUT2D eigenvalue weighted by Crippen LogP contribution is -2.37. The van der Waals surface area contributed by atoms with Crippen LogP contribution < -0.4 is 10.6 Å². The Balaban J connectivity index is 0.00000289. The molecule has 0 aromatic carbocycles. The third-order valence-electron chi connectivity index (χ3n) is 2.86.